The van der Waals surface area contributed by atoms with Crippen LogP contribution in [0.5, 0.6) is 11.5 Å². The Labute approximate surface area is 184 Å². The normalized spacial score (nSPS) is 13.5. The molecule has 0 aromatic heterocycles. The molecule has 3 rings (SSSR count). The highest BCUT2D eigenvalue weighted by Gasteiger charge is 2.17. The zero-order valence-electron chi connectivity index (χ0n) is 17.3. The summed E-state index contributed by atoms with van der Waals surface area (Å²) in [6.07, 6.45) is 3.94. The maximum absolute atomic E-state index is 13.6. The topological polar surface area (TPSA) is 50.8 Å². The Bertz CT molecular complexity index is 813. The molecule has 2 aromatic carbocycles. The van der Waals surface area contributed by atoms with Gasteiger partial charge in [-0.1, -0.05) is 24.3 Å². The highest BCUT2D eigenvalue weighted by atomic mass is 35.5. The van der Waals surface area contributed by atoms with E-state index in [9.17, 15) is 9.18 Å². The van der Waals surface area contributed by atoms with E-state index in [1.807, 2.05) is 29.2 Å². The molecule has 5 nitrogen and oxygen atoms in total. The number of likely N-dealkylation sites (tertiary alicyclic amines) is 1. The molecule has 0 spiro atoms. The quantitative estimate of drug-likeness (QED) is 0.585. The van der Waals surface area contributed by atoms with E-state index in [0.717, 1.165) is 31.5 Å². The van der Waals surface area contributed by atoms with Crippen LogP contribution in [0.15, 0.2) is 42.5 Å². The number of methoxy groups -OCH3 is 1. The van der Waals surface area contributed by atoms with Gasteiger partial charge in [0.05, 0.1) is 7.11 Å². The molecule has 164 valence electrons. The molecule has 1 aliphatic rings. The summed E-state index contributed by atoms with van der Waals surface area (Å²) in [5.41, 5.74) is 1.74. The van der Waals surface area contributed by atoms with Crippen molar-refractivity contribution in [3.8, 4) is 11.5 Å². The standard InChI is InChI=1S/C23H29FN2O3.ClH/c1-28-22-15-18(16-25-12-11-19-7-3-4-8-20(19)24)9-10-21(22)29-17-23(27)26-13-5-2-6-14-26;/h3-4,7-10,15,25H,2,5-6,11-14,16-17H2,1H3;1H/p-1. The maximum Gasteiger partial charge on any atom is 0.260 e. The van der Waals surface area contributed by atoms with E-state index >= 15 is 0 Å². The number of hydrogen-bond donors (Lipinski definition) is 1. The number of halogens is 2. The monoisotopic (exact) mass is 435 g/mol. The number of hydrogen-bond acceptors (Lipinski definition) is 4. The summed E-state index contributed by atoms with van der Waals surface area (Å²) in [6.45, 7) is 2.97. The van der Waals surface area contributed by atoms with Crippen molar-refractivity contribution in [2.45, 2.75) is 32.2 Å². The molecule has 1 heterocycles. The second-order valence-electron chi connectivity index (χ2n) is 7.23. The third-order valence-electron chi connectivity index (χ3n) is 5.15. The van der Waals surface area contributed by atoms with Gasteiger partial charge < -0.3 is 32.1 Å². The first-order valence-electron chi connectivity index (χ1n) is 10.2. The molecule has 0 atom stereocenters. The molecule has 1 amide bonds. The zero-order valence-corrected chi connectivity index (χ0v) is 18.1. The summed E-state index contributed by atoms with van der Waals surface area (Å²) < 4.78 is 24.8. The molecule has 0 radical (unpaired) electrons. The summed E-state index contributed by atoms with van der Waals surface area (Å²) >= 11 is 0. The van der Waals surface area contributed by atoms with Crippen molar-refractivity contribution < 1.29 is 31.1 Å². The fraction of sp³-hybridized carbons (Fsp3) is 0.435. The second kappa shape index (κ2) is 12.4. The predicted octanol–water partition coefficient (Wildman–Crippen LogP) is 0.562. The van der Waals surface area contributed by atoms with Crippen LogP contribution in [0, 0.1) is 5.82 Å². The molecule has 1 fully saturated rings. The van der Waals surface area contributed by atoms with Crippen LogP contribution in [0.4, 0.5) is 4.39 Å². The minimum atomic E-state index is -0.170. The average molecular weight is 436 g/mol. The van der Waals surface area contributed by atoms with Gasteiger partial charge in [-0.2, -0.15) is 0 Å². The van der Waals surface area contributed by atoms with Crippen molar-refractivity contribution >= 4 is 5.91 Å². The highest BCUT2D eigenvalue weighted by Crippen LogP contribution is 2.28. The van der Waals surface area contributed by atoms with Gasteiger partial charge in [-0.05, 0) is 61.6 Å². The number of benzene rings is 2. The van der Waals surface area contributed by atoms with Crippen LogP contribution in [0.3, 0.4) is 0 Å². The minimum Gasteiger partial charge on any atom is -1.00 e. The van der Waals surface area contributed by atoms with Crippen LogP contribution in [-0.4, -0.2) is 44.2 Å². The lowest BCUT2D eigenvalue weighted by Gasteiger charge is -2.26. The van der Waals surface area contributed by atoms with E-state index in [2.05, 4.69) is 5.32 Å². The molecule has 7 heteroatoms. The Kier molecular flexibility index (Phi) is 9.91. The summed E-state index contributed by atoms with van der Waals surface area (Å²) in [5.74, 6) is 1.01. The van der Waals surface area contributed by atoms with Crippen LogP contribution in [0.25, 0.3) is 0 Å². The van der Waals surface area contributed by atoms with E-state index in [1.54, 1.807) is 19.2 Å². The molecule has 0 aliphatic carbocycles. The molecule has 0 saturated carbocycles. The molecular formula is C23H29ClFN2O3-. The average Bonchev–Trinajstić information content (AvgIpc) is 2.77. The van der Waals surface area contributed by atoms with E-state index in [-0.39, 0.29) is 30.7 Å². The van der Waals surface area contributed by atoms with Crippen LogP contribution in [0.1, 0.15) is 30.4 Å². The number of carbonyl (C=O) groups is 1. The third-order valence-corrected chi connectivity index (χ3v) is 5.15. The van der Waals surface area contributed by atoms with E-state index in [1.165, 1.54) is 12.5 Å². The summed E-state index contributed by atoms with van der Waals surface area (Å²) in [6, 6.07) is 12.5. The number of rotatable bonds is 9. The predicted molar refractivity (Wildman–Crippen MR) is 111 cm³/mol. The number of nitrogens with zero attached hydrogens (tertiary/aromatic N) is 1. The Balaban J connectivity index is 0.00000320. The van der Waals surface area contributed by atoms with Crippen molar-refractivity contribution in [3.05, 3.63) is 59.4 Å². The molecule has 2 aromatic rings. The Morgan fingerprint density at radius 1 is 1.10 bits per heavy atom. The lowest BCUT2D eigenvalue weighted by molar-refractivity contribution is -0.134. The van der Waals surface area contributed by atoms with Gasteiger partial charge in [0.15, 0.2) is 18.1 Å². The number of piperidine rings is 1. The molecule has 0 bridgehead atoms. The molecule has 1 saturated heterocycles. The van der Waals surface area contributed by atoms with Gasteiger partial charge in [0, 0.05) is 19.6 Å². The highest BCUT2D eigenvalue weighted by molar-refractivity contribution is 5.78. The molecule has 1 N–H and O–H groups in total. The van der Waals surface area contributed by atoms with Gasteiger partial charge in [0.25, 0.3) is 5.91 Å². The summed E-state index contributed by atoms with van der Waals surface area (Å²) in [5, 5.41) is 3.32. The first kappa shape index (κ1) is 24.0. The van der Waals surface area contributed by atoms with Crippen molar-refractivity contribution in [2.75, 3.05) is 33.4 Å². The zero-order chi connectivity index (χ0) is 20.5. The van der Waals surface area contributed by atoms with Gasteiger partial charge >= 0.3 is 0 Å². The van der Waals surface area contributed by atoms with Crippen LogP contribution < -0.4 is 27.2 Å². The first-order chi connectivity index (χ1) is 14.2. The largest absolute Gasteiger partial charge is 1.00 e. The number of nitrogens with one attached hydrogen (secondary N) is 1. The van der Waals surface area contributed by atoms with Crippen LogP contribution in [0.2, 0.25) is 0 Å². The van der Waals surface area contributed by atoms with E-state index in [0.29, 0.717) is 36.6 Å². The Morgan fingerprint density at radius 3 is 2.60 bits per heavy atom. The fourth-order valence-electron chi connectivity index (χ4n) is 3.47. The van der Waals surface area contributed by atoms with Gasteiger partial charge in [-0.15, -0.1) is 0 Å². The molecular weight excluding hydrogens is 407 g/mol. The maximum atomic E-state index is 13.6. The molecule has 30 heavy (non-hydrogen) atoms. The lowest BCUT2D eigenvalue weighted by atomic mass is 10.1. The fourth-order valence-corrected chi connectivity index (χ4v) is 3.47. The Hall–Kier alpha value is -2.31. The van der Waals surface area contributed by atoms with Crippen molar-refractivity contribution in [3.63, 3.8) is 0 Å². The van der Waals surface area contributed by atoms with E-state index < -0.39 is 0 Å². The van der Waals surface area contributed by atoms with Gasteiger partial charge in [-0.3, -0.25) is 4.79 Å². The first-order valence-corrected chi connectivity index (χ1v) is 10.2. The van der Waals surface area contributed by atoms with Gasteiger partial charge in [0.1, 0.15) is 5.82 Å². The van der Waals surface area contributed by atoms with Crippen LogP contribution >= 0.6 is 0 Å². The lowest BCUT2D eigenvalue weighted by Crippen LogP contribution is -3.00. The van der Waals surface area contributed by atoms with E-state index in [4.69, 9.17) is 9.47 Å². The van der Waals surface area contributed by atoms with Crippen molar-refractivity contribution in [1.82, 2.24) is 10.2 Å². The van der Waals surface area contributed by atoms with Gasteiger partial charge in [-0.25, -0.2) is 4.39 Å². The summed E-state index contributed by atoms with van der Waals surface area (Å²) in [4.78, 5) is 14.1. The number of amides is 1. The number of carbonyl (C=O) groups excluding carboxylic acids is 1. The number of ether oxygens (including phenoxy) is 2. The van der Waals surface area contributed by atoms with Gasteiger partial charge in [0.2, 0.25) is 0 Å². The summed E-state index contributed by atoms with van der Waals surface area (Å²) in [7, 11) is 1.59. The van der Waals surface area contributed by atoms with Crippen molar-refractivity contribution in [2.24, 2.45) is 0 Å². The second-order valence-corrected chi connectivity index (χ2v) is 7.23. The molecule has 0 unspecified atom stereocenters. The molecule has 1 aliphatic heterocycles. The minimum absolute atomic E-state index is 0. The Morgan fingerprint density at radius 2 is 1.87 bits per heavy atom. The SMILES string of the molecule is COc1cc(CNCCc2ccccc2F)ccc1OCC(=O)N1CCCCC1.[Cl-]. The smallest absolute Gasteiger partial charge is 0.260 e. The van der Waals surface area contributed by atoms with Crippen molar-refractivity contribution in [1.29, 1.82) is 0 Å². The third kappa shape index (κ3) is 6.89. The van der Waals surface area contributed by atoms with Crippen LogP contribution in [-0.2, 0) is 17.8 Å².